The zero-order chi connectivity index (χ0) is 54.1. The number of rotatable bonds is 53. The molecule has 0 radical (unpaired) electrons. The van der Waals surface area contributed by atoms with Crippen LogP contribution in [0.15, 0.2) is 97.2 Å². The molecule has 12 heteroatoms. The average Bonchev–Trinajstić information content (AvgIpc) is 3.39. The molecule has 0 rings (SSSR count). The van der Waals surface area contributed by atoms with E-state index in [1.54, 1.807) is 0 Å². The molecule has 0 bridgehead atoms. The summed E-state index contributed by atoms with van der Waals surface area (Å²) < 4.78 is 39.5. The quantitative estimate of drug-likeness (QED) is 0.0197. The first-order valence-electron chi connectivity index (χ1n) is 29.1. The van der Waals surface area contributed by atoms with Crippen molar-refractivity contribution in [2.75, 3.05) is 26.4 Å². The van der Waals surface area contributed by atoms with Crippen LogP contribution in [0, 0.1) is 0 Å². The van der Waals surface area contributed by atoms with Gasteiger partial charge < -0.3 is 24.2 Å². The monoisotopic (exact) mass is 1060 g/mol. The molecule has 3 unspecified atom stereocenters. The van der Waals surface area contributed by atoms with Crippen molar-refractivity contribution < 1.29 is 52.2 Å². The fraction of sp³-hybridized carbons (Fsp3) is 0.694. The second kappa shape index (κ2) is 55.6. The van der Waals surface area contributed by atoms with E-state index in [0.717, 1.165) is 141 Å². The maximum Gasteiger partial charge on any atom is 0.472 e. The maximum absolute atomic E-state index is 12.9. The average molecular weight is 1060 g/mol. The molecule has 0 aromatic carbocycles. The van der Waals surface area contributed by atoms with Gasteiger partial charge in [-0.2, -0.15) is 0 Å². The van der Waals surface area contributed by atoms with E-state index in [2.05, 4.69) is 118 Å². The molecule has 0 aromatic heterocycles. The van der Waals surface area contributed by atoms with Gasteiger partial charge in [-0.15, -0.1) is 0 Å². The van der Waals surface area contributed by atoms with E-state index < -0.39 is 57.8 Å². The number of phosphoric ester groups is 1. The smallest absolute Gasteiger partial charge is 0.462 e. The van der Waals surface area contributed by atoms with Gasteiger partial charge in [0.05, 0.1) is 19.8 Å². The Morgan fingerprint density at radius 3 is 1.14 bits per heavy atom. The van der Waals surface area contributed by atoms with Gasteiger partial charge in [-0.1, -0.05) is 201 Å². The molecule has 0 spiro atoms. The highest BCUT2D eigenvalue weighted by atomic mass is 31.2. The summed E-state index contributed by atoms with van der Waals surface area (Å²) in [5.74, 6) is -1.52. The lowest BCUT2D eigenvalue weighted by molar-refractivity contribution is -0.161. The first-order chi connectivity index (χ1) is 36.2. The topological polar surface area (TPSA) is 155 Å². The van der Waals surface area contributed by atoms with E-state index in [9.17, 15) is 28.9 Å². The van der Waals surface area contributed by atoms with E-state index in [4.69, 9.17) is 23.3 Å². The predicted molar refractivity (Wildman–Crippen MR) is 307 cm³/mol. The number of aliphatic hydroxyl groups excluding tert-OH is 1. The summed E-state index contributed by atoms with van der Waals surface area (Å²) >= 11 is 0. The molecule has 0 heterocycles. The highest BCUT2D eigenvalue weighted by Gasteiger charge is 2.28. The summed E-state index contributed by atoms with van der Waals surface area (Å²) in [6.07, 6.45) is 65.1. The summed E-state index contributed by atoms with van der Waals surface area (Å²) in [6.45, 7) is 4.41. The second-order valence-electron chi connectivity index (χ2n) is 19.1. The van der Waals surface area contributed by atoms with Crippen LogP contribution in [-0.4, -0.2) is 66.5 Å². The number of unbranched alkanes of at least 4 members (excludes halogenated alkanes) is 20. The third-order valence-electron chi connectivity index (χ3n) is 12.0. The highest BCUT2D eigenvalue weighted by Crippen LogP contribution is 2.43. The first-order valence-corrected chi connectivity index (χ1v) is 30.6. The number of allylic oxidation sites excluding steroid dienone is 16. The molecule has 0 saturated carbocycles. The Morgan fingerprint density at radius 2 is 0.716 bits per heavy atom. The Morgan fingerprint density at radius 1 is 0.392 bits per heavy atom. The fourth-order valence-corrected chi connectivity index (χ4v) is 8.29. The maximum atomic E-state index is 12.9. The van der Waals surface area contributed by atoms with Crippen molar-refractivity contribution in [2.45, 2.75) is 251 Å². The molecule has 0 aliphatic carbocycles. The largest absolute Gasteiger partial charge is 0.472 e. The zero-order valence-electron chi connectivity index (χ0n) is 46.8. The van der Waals surface area contributed by atoms with E-state index in [1.165, 1.54) is 38.5 Å². The molecule has 0 fully saturated rings. The van der Waals surface area contributed by atoms with Crippen molar-refractivity contribution in [1.29, 1.82) is 0 Å². The summed E-state index contributed by atoms with van der Waals surface area (Å²) in [4.78, 5) is 48.5. The van der Waals surface area contributed by atoms with Crippen molar-refractivity contribution in [1.82, 2.24) is 0 Å². The molecule has 74 heavy (non-hydrogen) atoms. The van der Waals surface area contributed by atoms with Gasteiger partial charge in [0.15, 0.2) is 6.10 Å². The van der Waals surface area contributed by atoms with Crippen LogP contribution < -0.4 is 0 Å². The SMILES string of the molecule is CC/C=C\C/C=C\C/C=C\C/C=C\CCCCCCC(=O)OCC(COP(=O)(O)OCC(CO)OC(=O)CCCCCCC/C=C\CCCC)OC(=O)CCCCCCCC/C=C\C/C=C\C/C=C\CCCCC. The van der Waals surface area contributed by atoms with Crippen molar-refractivity contribution in [3.05, 3.63) is 97.2 Å². The van der Waals surface area contributed by atoms with Crippen LogP contribution >= 0.6 is 7.82 Å². The van der Waals surface area contributed by atoms with Crippen LogP contribution in [0.3, 0.4) is 0 Å². The molecule has 0 amide bonds. The Bertz CT molecular complexity index is 1610. The number of esters is 3. The van der Waals surface area contributed by atoms with Gasteiger partial charge in [0.2, 0.25) is 0 Å². The lowest BCUT2D eigenvalue weighted by atomic mass is 10.1. The third-order valence-corrected chi connectivity index (χ3v) is 12.9. The van der Waals surface area contributed by atoms with Crippen LogP contribution in [0.25, 0.3) is 0 Å². The summed E-state index contributed by atoms with van der Waals surface area (Å²) in [7, 11) is -4.76. The van der Waals surface area contributed by atoms with Crippen molar-refractivity contribution in [3.8, 4) is 0 Å². The number of hydrogen-bond donors (Lipinski definition) is 2. The Hall–Kier alpha value is -3.60. The molecule has 0 saturated heterocycles. The molecular weight excluding hydrogens is 952 g/mol. The van der Waals surface area contributed by atoms with E-state index in [-0.39, 0.29) is 25.9 Å². The minimum absolute atomic E-state index is 0.143. The second-order valence-corrected chi connectivity index (χ2v) is 20.5. The van der Waals surface area contributed by atoms with Gasteiger partial charge in [-0.05, 0) is 116 Å². The Labute approximate surface area is 451 Å². The number of phosphoric acid groups is 1. The third kappa shape index (κ3) is 53.2. The van der Waals surface area contributed by atoms with Gasteiger partial charge in [-0.3, -0.25) is 23.4 Å². The van der Waals surface area contributed by atoms with Crippen molar-refractivity contribution >= 4 is 25.7 Å². The lowest BCUT2D eigenvalue weighted by Gasteiger charge is -2.21. The standard InChI is InChI=1S/C62H105O11P/c1-4-7-10-13-16-19-22-24-26-28-29-31-33-35-38-41-44-47-50-53-62(66)73-59(55-69-60(64)51-48-45-42-39-37-34-32-30-27-25-23-20-17-14-11-8-5-2)57-71-74(67,68)70-56-58(54-63)72-61(65)52-49-46-43-40-36-21-18-15-12-9-6-3/h8,11,15-20,24-27,29,31-32,34,58-59,63H,4-7,9-10,12-14,21-23,28,30,33,35-57H2,1-3H3,(H,67,68)/b11-8-,18-15-,19-16-,20-17-,26-24-,27-25-,31-29-,34-32-. The summed E-state index contributed by atoms with van der Waals surface area (Å²) in [6, 6.07) is 0. The molecule has 0 aliphatic rings. The molecule has 2 N–H and O–H groups in total. The number of carbonyl (C=O) groups is 3. The summed E-state index contributed by atoms with van der Waals surface area (Å²) in [5.41, 5.74) is 0. The van der Waals surface area contributed by atoms with Crippen molar-refractivity contribution in [3.63, 3.8) is 0 Å². The molecule has 3 atom stereocenters. The Kier molecular flexibility index (Phi) is 52.9. The van der Waals surface area contributed by atoms with E-state index in [0.29, 0.717) is 19.3 Å². The van der Waals surface area contributed by atoms with Crippen LogP contribution in [0.2, 0.25) is 0 Å². The minimum Gasteiger partial charge on any atom is -0.462 e. The minimum atomic E-state index is -4.76. The molecular formula is C62H105O11P. The number of aliphatic hydroxyl groups is 1. The zero-order valence-corrected chi connectivity index (χ0v) is 47.7. The van der Waals surface area contributed by atoms with Gasteiger partial charge in [-0.25, -0.2) is 4.57 Å². The molecule has 424 valence electrons. The molecule has 0 aromatic rings. The summed E-state index contributed by atoms with van der Waals surface area (Å²) in [5, 5.41) is 9.79. The highest BCUT2D eigenvalue weighted by molar-refractivity contribution is 7.47. The van der Waals surface area contributed by atoms with E-state index in [1.807, 2.05) is 0 Å². The molecule has 0 aliphatic heterocycles. The van der Waals surface area contributed by atoms with Crippen LogP contribution in [-0.2, 0) is 42.2 Å². The van der Waals surface area contributed by atoms with Crippen LogP contribution in [0.4, 0.5) is 0 Å². The lowest BCUT2D eigenvalue weighted by Crippen LogP contribution is -2.30. The first kappa shape index (κ1) is 70.4. The Balaban J connectivity index is 4.81. The van der Waals surface area contributed by atoms with Gasteiger partial charge >= 0.3 is 25.7 Å². The van der Waals surface area contributed by atoms with Gasteiger partial charge in [0.25, 0.3) is 0 Å². The molecule has 11 nitrogen and oxygen atoms in total. The fourth-order valence-electron chi connectivity index (χ4n) is 7.51. The van der Waals surface area contributed by atoms with Gasteiger partial charge in [0.1, 0.15) is 12.7 Å². The normalized spacial score (nSPS) is 14.1. The van der Waals surface area contributed by atoms with Crippen LogP contribution in [0.1, 0.15) is 239 Å². The predicted octanol–water partition coefficient (Wildman–Crippen LogP) is 17.3. The van der Waals surface area contributed by atoms with Crippen molar-refractivity contribution in [2.24, 2.45) is 0 Å². The number of hydrogen-bond acceptors (Lipinski definition) is 10. The number of carbonyl (C=O) groups excluding carboxylic acids is 3. The van der Waals surface area contributed by atoms with Gasteiger partial charge in [0, 0.05) is 19.3 Å². The van der Waals surface area contributed by atoms with E-state index >= 15 is 0 Å². The van der Waals surface area contributed by atoms with Crippen LogP contribution in [0.5, 0.6) is 0 Å². The number of ether oxygens (including phenoxy) is 3.